The van der Waals surface area contributed by atoms with Crippen molar-refractivity contribution in [2.45, 2.75) is 25.1 Å². The lowest BCUT2D eigenvalue weighted by Gasteiger charge is -2.14. The Balaban J connectivity index is 2.55. The molecular formula is C10H10F4O. The minimum absolute atomic E-state index is 0.132. The molecule has 0 bridgehead atoms. The Bertz CT molecular complexity index is 321. The molecule has 0 aliphatic rings. The predicted molar refractivity (Wildman–Crippen MR) is 46.8 cm³/mol. The van der Waals surface area contributed by atoms with E-state index in [0.717, 1.165) is 0 Å². The van der Waals surface area contributed by atoms with Gasteiger partial charge < -0.3 is 5.11 Å². The topological polar surface area (TPSA) is 20.2 Å². The number of halogens is 4. The van der Waals surface area contributed by atoms with Crippen molar-refractivity contribution in [3.63, 3.8) is 0 Å². The molecule has 0 fully saturated rings. The maximum Gasteiger partial charge on any atom is 0.414 e. The zero-order valence-corrected chi connectivity index (χ0v) is 7.76. The van der Waals surface area contributed by atoms with Crippen molar-refractivity contribution in [3.05, 3.63) is 35.6 Å². The molecule has 0 aliphatic carbocycles. The fourth-order valence-corrected chi connectivity index (χ4v) is 1.16. The van der Waals surface area contributed by atoms with Gasteiger partial charge in [0.25, 0.3) is 0 Å². The summed E-state index contributed by atoms with van der Waals surface area (Å²) in [5.74, 6) is -0.549. The van der Waals surface area contributed by atoms with Crippen LogP contribution >= 0.6 is 0 Å². The van der Waals surface area contributed by atoms with Crippen LogP contribution in [0.4, 0.5) is 17.6 Å². The van der Waals surface area contributed by atoms with E-state index in [9.17, 15) is 17.6 Å². The van der Waals surface area contributed by atoms with E-state index in [-0.39, 0.29) is 12.0 Å². The summed E-state index contributed by atoms with van der Waals surface area (Å²) in [4.78, 5) is 0. The Morgan fingerprint density at radius 1 is 1.20 bits per heavy atom. The lowest BCUT2D eigenvalue weighted by atomic mass is 10.1. The Morgan fingerprint density at radius 3 is 2.33 bits per heavy atom. The highest BCUT2D eigenvalue weighted by atomic mass is 19.4. The molecule has 1 aromatic rings. The first-order valence-electron chi connectivity index (χ1n) is 4.39. The predicted octanol–water partition coefficient (Wildman–Crippen LogP) is 2.68. The first-order valence-corrected chi connectivity index (χ1v) is 4.39. The minimum Gasteiger partial charge on any atom is -0.384 e. The van der Waals surface area contributed by atoms with E-state index in [2.05, 4.69) is 0 Å². The smallest absolute Gasteiger partial charge is 0.384 e. The van der Waals surface area contributed by atoms with Gasteiger partial charge in [-0.05, 0) is 24.5 Å². The van der Waals surface area contributed by atoms with Gasteiger partial charge in [-0.2, -0.15) is 13.2 Å². The van der Waals surface area contributed by atoms with Gasteiger partial charge in [-0.3, -0.25) is 0 Å². The van der Waals surface area contributed by atoms with Crippen LogP contribution in [-0.4, -0.2) is 17.4 Å². The molecule has 1 N–H and O–H groups in total. The maximum atomic E-state index is 13.0. The van der Waals surface area contributed by atoms with Crippen LogP contribution in [0, 0.1) is 5.82 Å². The molecule has 1 nitrogen and oxygen atoms in total. The molecule has 5 heteroatoms. The zero-order chi connectivity index (χ0) is 11.5. The van der Waals surface area contributed by atoms with Gasteiger partial charge in [-0.1, -0.05) is 18.2 Å². The van der Waals surface area contributed by atoms with Crippen LogP contribution < -0.4 is 0 Å². The average molecular weight is 222 g/mol. The summed E-state index contributed by atoms with van der Waals surface area (Å²) >= 11 is 0. The van der Waals surface area contributed by atoms with Gasteiger partial charge in [0, 0.05) is 0 Å². The number of hydrogen-bond donors (Lipinski definition) is 1. The molecule has 0 aliphatic heterocycles. The molecule has 0 saturated heterocycles. The summed E-state index contributed by atoms with van der Waals surface area (Å²) in [5, 5.41) is 8.69. The van der Waals surface area contributed by atoms with Gasteiger partial charge >= 0.3 is 6.18 Å². The van der Waals surface area contributed by atoms with E-state index in [1.54, 1.807) is 6.07 Å². The molecule has 0 radical (unpaired) electrons. The summed E-state index contributed by atoms with van der Waals surface area (Å²) < 4.78 is 48.7. The summed E-state index contributed by atoms with van der Waals surface area (Å²) in [6.07, 6.45) is -7.68. The van der Waals surface area contributed by atoms with E-state index >= 15 is 0 Å². The number of aliphatic hydroxyl groups excluding tert-OH is 1. The van der Waals surface area contributed by atoms with Crippen molar-refractivity contribution < 1.29 is 22.7 Å². The standard InChI is InChI=1S/C10H10F4O/c11-8-4-2-1-3-7(8)5-6-9(15)10(12,13)14/h1-4,9,15H,5-6H2. The first kappa shape index (κ1) is 12.0. The highest BCUT2D eigenvalue weighted by Gasteiger charge is 2.37. The van der Waals surface area contributed by atoms with Gasteiger partial charge in [0.2, 0.25) is 0 Å². The van der Waals surface area contributed by atoms with E-state index < -0.39 is 24.5 Å². The zero-order valence-electron chi connectivity index (χ0n) is 7.76. The summed E-state index contributed by atoms with van der Waals surface area (Å²) in [6.45, 7) is 0. The van der Waals surface area contributed by atoms with Crippen LogP contribution in [0.2, 0.25) is 0 Å². The van der Waals surface area contributed by atoms with Crippen molar-refractivity contribution in [2.24, 2.45) is 0 Å². The van der Waals surface area contributed by atoms with E-state index in [1.165, 1.54) is 18.2 Å². The van der Waals surface area contributed by atoms with Crippen molar-refractivity contribution >= 4 is 0 Å². The maximum absolute atomic E-state index is 13.0. The fraction of sp³-hybridized carbons (Fsp3) is 0.400. The SMILES string of the molecule is OC(CCc1ccccc1F)C(F)(F)F. The van der Waals surface area contributed by atoms with Gasteiger partial charge in [0.1, 0.15) is 11.9 Å². The summed E-state index contributed by atoms with van der Waals surface area (Å²) in [7, 11) is 0. The Hall–Kier alpha value is -1.10. The van der Waals surface area contributed by atoms with E-state index in [1.807, 2.05) is 0 Å². The normalized spacial score (nSPS) is 13.9. The van der Waals surface area contributed by atoms with Crippen LogP contribution in [0.1, 0.15) is 12.0 Å². The van der Waals surface area contributed by atoms with E-state index in [4.69, 9.17) is 5.11 Å². The molecule has 1 aromatic carbocycles. The first-order chi connectivity index (χ1) is 6.91. The molecule has 0 saturated carbocycles. The molecule has 0 heterocycles. The largest absolute Gasteiger partial charge is 0.414 e. The highest BCUT2D eigenvalue weighted by molar-refractivity contribution is 5.17. The van der Waals surface area contributed by atoms with Crippen molar-refractivity contribution in [1.29, 1.82) is 0 Å². The second-order valence-electron chi connectivity index (χ2n) is 3.19. The van der Waals surface area contributed by atoms with Gasteiger partial charge in [-0.25, -0.2) is 4.39 Å². The molecule has 84 valence electrons. The molecule has 15 heavy (non-hydrogen) atoms. The van der Waals surface area contributed by atoms with Gasteiger partial charge in [0.05, 0.1) is 0 Å². The highest BCUT2D eigenvalue weighted by Crippen LogP contribution is 2.23. The number of rotatable bonds is 3. The van der Waals surface area contributed by atoms with E-state index in [0.29, 0.717) is 0 Å². The number of hydrogen-bond acceptors (Lipinski definition) is 1. The second kappa shape index (κ2) is 4.61. The van der Waals surface area contributed by atoms with Gasteiger partial charge in [0.15, 0.2) is 0 Å². The quantitative estimate of drug-likeness (QED) is 0.779. The monoisotopic (exact) mass is 222 g/mol. The lowest BCUT2D eigenvalue weighted by Crippen LogP contribution is -2.28. The van der Waals surface area contributed by atoms with Crippen LogP contribution in [0.3, 0.4) is 0 Å². The summed E-state index contributed by atoms with van der Waals surface area (Å²) in [6, 6.07) is 5.57. The third kappa shape index (κ3) is 3.51. The third-order valence-electron chi connectivity index (χ3n) is 2.02. The molecule has 0 amide bonds. The van der Waals surface area contributed by atoms with Gasteiger partial charge in [-0.15, -0.1) is 0 Å². The van der Waals surface area contributed by atoms with Crippen LogP contribution in [-0.2, 0) is 6.42 Å². The summed E-state index contributed by atoms with van der Waals surface area (Å²) in [5.41, 5.74) is 0.181. The Kier molecular flexibility index (Phi) is 3.68. The molecular weight excluding hydrogens is 212 g/mol. The van der Waals surface area contributed by atoms with Crippen molar-refractivity contribution in [3.8, 4) is 0 Å². The van der Waals surface area contributed by atoms with Crippen molar-refractivity contribution in [2.75, 3.05) is 0 Å². The van der Waals surface area contributed by atoms with Crippen LogP contribution in [0.25, 0.3) is 0 Å². The Morgan fingerprint density at radius 2 is 1.80 bits per heavy atom. The molecule has 1 atom stereocenters. The molecule has 0 aromatic heterocycles. The molecule has 1 unspecified atom stereocenters. The van der Waals surface area contributed by atoms with Crippen molar-refractivity contribution in [1.82, 2.24) is 0 Å². The number of aliphatic hydroxyl groups is 1. The average Bonchev–Trinajstić information content (AvgIpc) is 2.14. The minimum atomic E-state index is -4.63. The molecule has 0 spiro atoms. The third-order valence-corrected chi connectivity index (χ3v) is 2.02. The Labute approximate surface area is 84.3 Å². The fourth-order valence-electron chi connectivity index (χ4n) is 1.16. The lowest BCUT2D eigenvalue weighted by molar-refractivity contribution is -0.205. The number of alkyl halides is 3. The second-order valence-corrected chi connectivity index (χ2v) is 3.19. The number of benzene rings is 1. The van der Waals surface area contributed by atoms with Crippen LogP contribution in [0.5, 0.6) is 0 Å². The van der Waals surface area contributed by atoms with Crippen LogP contribution in [0.15, 0.2) is 24.3 Å². The number of aryl methyl sites for hydroxylation is 1. The molecule has 1 rings (SSSR count).